The molecule has 0 aromatic carbocycles. The van der Waals surface area contributed by atoms with E-state index in [1.807, 2.05) is 0 Å². The zero-order valence-corrected chi connectivity index (χ0v) is 9.37. The zero-order chi connectivity index (χ0) is 7.00. The molecule has 0 aliphatic rings. The van der Waals surface area contributed by atoms with E-state index in [1.165, 1.54) is 0 Å². The smallest absolute Gasteiger partial charge is 0.397 e. The Morgan fingerprint density at radius 2 is 0.714 bits per heavy atom. The van der Waals surface area contributed by atoms with E-state index in [4.69, 9.17) is 9.11 Å². The molecule has 0 bridgehead atoms. The minimum absolute atomic E-state index is 0. The summed E-state index contributed by atoms with van der Waals surface area (Å²) < 4.78 is 52.5. The second kappa shape index (κ2) is 13.1. The Labute approximate surface area is 92.0 Å². The SMILES string of the molecule is N.O=S(=O)(O)S(=O)(=O)O.[Co].[NH2-].[NH2-].[NH2-].[NH2-]. The van der Waals surface area contributed by atoms with Crippen LogP contribution in [0.25, 0.3) is 24.6 Å². The molecule has 0 heterocycles. The van der Waals surface area contributed by atoms with Crippen molar-refractivity contribution in [2.24, 2.45) is 0 Å². The third kappa shape index (κ3) is 18.0. The molecule has 0 rings (SSSR count). The van der Waals surface area contributed by atoms with E-state index in [9.17, 15) is 16.8 Å². The van der Waals surface area contributed by atoms with E-state index in [-0.39, 0.29) is 47.5 Å². The number of rotatable bonds is 1. The first-order chi connectivity index (χ1) is 3.25. The van der Waals surface area contributed by atoms with Crippen molar-refractivity contribution >= 4 is 18.3 Å². The molecule has 0 aromatic heterocycles. The van der Waals surface area contributed by atoms with Crippen molar-refractivity contribution in [1.82, 2.24) is 6.15 Å². The molecule has 0 unspecified atom stereocenters. The van der Waals surface area contributed by atoms with Gasteiger partial charge in [-0.1, -0.05) is 0 Å². The molecule has 11 nitrogen and oxygen atoms in total. The third-order valence-electron chi connectivity index (χ3n) is 0.266. The maximum atomic E-state index is 9.37. The van der Waals surface area contributed by atoms with E-state index in [0.29, 0.717) is 0 Å². The minimum atomic E-state index is -5.31. The van der Waals surface area contributed by atoms with Crippen LogP contribution in [0.4, 0.5) is 0 Å². The fourth-order valence-corrected chi connectivity index (χ4v) is 0. The van der Waals surface area contributed by atoms with E-state index in [0.717, 1.165) is 0 Å². The Morgan fingerprint density at radius 3 is 0.714 bits per heavy atom. The Hall–Kier alpha value is 0.126. The summed E-state index contributed by atoms with van der Waals surface area (Å²) in [5, 5.41) is 0. The van der Waals surface area contributed by atoms with Gasteiger partial charge >= 0.3 is 18.3 Å². The van der Waals surface area contributed by atoms with Gasteiger partial charge in [0.05, 0.1) is 0 Å². The average molecular weight is 302 g/mol. The van der Waals surface area contributed by atoms with Crippen molar-refractivity contribution in [3.8, 4) is 0 Å². The largest absolute Gasteiger partial charge is 0.693 e. The van der Waals surface area contributed by atoms with Gasteiger partial charge in [-0.15, -0.1) is 0 Å². The van der Waals surface area contributed by atoms with Crippen molar-refractivity contribution in [2.45, 2.75) is 0 Å². The van der Waals surface area contributed by atoms with Gasteiger partial charge in [-0.3, -0.25) is 9.11 Å². The molecule has 13 N–H and O–H groups in total. The summed E-state index contributed by atoms with van der Waals surface area (Å²) in [5.41, 5.74) is 0. The Kier molecular flexibility index (Phi) is 44.9. The Morgan fingerprint density at radius 1 is 0.643 bits per heavy atom. The predicted octanol–water partition coefficient (Wildman–Crippen LogP) is 1.70. The number of hydrogen-bond donors (Lipinski definition) is 3. The van der Waals surface area contributed by atoms with Crippen LogP contribution in [0.15, 0.2) is 0 Å². The maximum Gasteiger partial charge on any atom is 0.397 e. The molecule has 0 saturated carbocycles. The zero-order valence-electron chi connectivity index (χ0n) is 6.69. The molecule has 0 spiro atoms. The summed E-state index contributed by atoms with van der Waals surface area (Å²) in [7, 11) is -10.6. The van der Waals surface area contributed by atoms with Crippen LogP contribution in [0.5, 0.6) is 0 Å². The normalized spacial score (nSPS) is 7.86. The topological polar surface area (TPSA) is 278 Å². The van der Waals surface area contributed by atoms with Gasteiger partial charge in [0.1, 0.15) is 0 Å². The molecular weight excluding hydrogens is 289 g/mol. The summed E-state index contributed by atoms with van der Waals surface area (Å²) in [6, 6.07) is 0. The van der Waals surface area contributed by atoms with Crippen molar-refractivity contribution in [3.63, 3.8) is 0 Å². The standard InChI is InChI=1S/Co.H3N.4H2N.H2O6S2/c;;;;;;1-7(2,3)8(4,5)6/h;1H3;4*1H2;(H,1,2,3)(H,4,5,6)/q;;4*-1;. The van der Waals surface area contributed by atoms with Crippen molar-refractivity contribution in [3.05, 3.63) is 24.6 Å². The second-order valence-corrected chi connectivity index (χ2v) is 5.09. The monoisotopic (exact) mass is 302 g/mol. The summed E-state index contributed by atoms with van der Waals surface area (Å²) in [5.74, 6) is 0. The molecule has 14 heteroatoms. The van der Waals surface area contributed by atoms with Gasteiger partial charge < -0.3 is 30.8 Å². The molecule has 0 fully saturated rings. The minimum Gasteiger partial charge on any atom is -0.693 e. The van der Waals surface area contributed by atoms with Crippen LogP contribution >= 0.6 is 0 Å². The molecule has 0 amide bonds. The summed E-state index contributed by atoms with van der Waals surface area (Å²) in [6.45, 7) is 0. The predicted molar refractivity (Wildman–Crippen MR) is 49.3 cm³/mol. The van der Waals surface area contributed by atoms with E-state index >= 15 is 0 Å². The average Bonchev–Trinajstić information content (AvgIpc) is 1.25. The van der Waals surface area contributed by atoms with Gasteiger partial charge in [0.25, 0.3) is 0 Å². The number of nitrogens with two attached hydrogens (primary N) is 4. The van der Waals surface area contributed by atoms with Crippen molar-refractivity contribution in [1.29, 1.82) is 0 Å². The summed E-state index contributed by atoms with van der Waals surface area (Å²) >= 11 is 0. The van der Waals surface area contributed by atoms with Gasteiger partial charge in [0, 0.05) is 16.8 Å². The fraction of sp³-hybridized carbons (Fsp3) is 0. The van der Waals surface area contributed by atoms with Gasteiger partial charge in [0.2, 0.25) is 0 Å². The van der Waals surface area contributed by atoms with Gasteiger partial charge in [0.15, 0.2) is 0 Å². The van der Waals surface area contributed by atoms with Gasteiger partial charge in [-0.25, -0.2) is 0 Å². The molecule has 0 atom stereocenters. The quantitative estimate of drug-likeness (QED) is 0.474. The van der Waals surface area contributed by atoms with Crippen molar-refractivity contribution in [2.75, 3.05) is 0 Å². The molecule has 14 heavy (non-hydrogen) atoms. The van der Waals surface area contributed by atoms with Gasteiger partial charge in [-0.05, 0) is 0 Å². The number of hydrogen-bond acceptors (Lipinski definition) is 5. The molecule has 0 saturated heterocycles. The van der Waals surface area contributed by atoms with Crippen molar-refractivity contribution < 1.29 is 42.7 Å². The first-order valence-corrected chi connectivity index (χ1v) is 4.60. The van der Waals surface area contributed by atoms with Crippen LogP contribution in [0.2, 0.25) is 0 Å². The second-order valence-electron chi connectivity index (χ2n) is 0.855. The third-order valence-corrected chi connectivity index (χ3v) is 2.40. The summed E-state index contributed by atoms with van der Waals surface area (Å²) in [4.78, 5) is 0. The maximum absolute atomic E-state index is 9.37. The van der Waals surface area contributed by atoms with Gasteiger partial charge in [-0.2, -0.15) is 16.8 Å². The van der Waals surface area contributed by atoms with E-state index in [1.54, 1.807) is 0 Å². The summed E-state index contributed by atoms with van der Waals surface area (Å²) in [6.07, 6.45) is 0. The van der Waals surface area contributed by atoms with Crippen LogP contribution in [0.1, 0.15) is 0 Å². The molecule has 1 radical (unpaired) electrons. The van der Waals surface area contributed by atoms with Crippen LogP contribution in [-0.2, 0) is 35.1 Å². The molecule has 0 aromatic rings. The Bertz CT molecular complexity index is 237. The molecule has 0 aliphatic carbocycles. The molecule has 99 valence electrons. The van der Waals surface area contributed by atoms with E-state index in [2.05, 4.69) is 0 Å². The first kappa shape index (κ1) is 47.9. The molecule has 0 aliphatic heterocycles. The van der Waals surface area contributed by atoms with Crippen LogP contribution in [0, 0.1) is 0 Å². The molecular formula is H13CoN5O6S2-4. The first-order valence-electron chi connectivity index (χ1n) is 1.20. The van der Waals surface area contributed by atoms with E-state index < -0.39 is 18.3 Å². The van der Waals surface area contributed by atoms with Crippen LogP contribution in [0.3, 0.4) is 0 Å². The van der Waals surface area contributed by atoms with Crippen LogP contribution < -0.4 is 6.15 Å². The van der Waals surface area contributed by atoms with Crippen LogP contribution in [-0.4, -0.2) is 25.9 Å². The Balaban J connectivity index is -0.0000000163. The fourth-order valence-electron chi connectivity index (χ4n) is 0.